The van der Waals surface area contributed by atoms with Crippen molar-refractivity contribution in [2.45, 2.75) is 38.8 Å². The zero-order chi connectivity index (χ0) is 19.6. The minimum absolute atomic E-state index is 0.0764. The first-order valence-corrected chi connectivity index (χ1v) is 8.01. The molecule has 4 N–H and O–H groups in total. The fourth-order valence-electron chi connectivity index (χ4n) is 2.79. The van der Waals surface area contributed by atoms with Gasteiger partial charge < -0.3 is 20.6 Å². The molecule has 0 radical (unpaired) electrons. The number of phenols is 2. The van der Waals surface area contributed by atoms with Gasteiger partial charge in [0.05, 0.1) is 5.92 Å². The molecule has 1 heterocycles. The summed E-state index contributed by atoms with van der Waals surface area (Å²) < 4.78 is 0. The summed E-state index contributed by atoms with van der Waals surface area (Å²) in [6.07, 6.45) is -0.0433. The molecule has 0 saturated carbocycles. The first-order valence-electron chi connectivity index (χ1n) is 8.01. The van der Waals surface area contributed by atoms with E-state index in [2.05, 4.69) is 5.32 Å². The van der Waals surface area contributed by atoms with Crippen LogP contribution in [0.25, 0.3) is 0 Å². The summed E-state index contributed by atoms with van der Waals surface area (Å²) in [5.41, 5.74) is 0.396. The number of hydrogen-bond acceptors (Lipinski definition) is 6. The van der Waals surface area contributed by atoms with Crippen LogP contribution in [-0.4, -0.2) is 56.0 Å². The van der Waals surface area contributed by atoms with E-state index in [1.54, 1.807) is 0 Å². The van der Waals surface area contributed by atoms with E-state index in [-0.39, 0.29) is 24.3 Å². The van der Waals surface area contributed by atoms with Crippen LogP contribution in [-0.2, 0) is 25.6 Å². The van der Waals surface area contributed by atoms with Crippen molar-refractivity contribution in [1.29, 1.82) is 0 Å². The van der Waals surface area contributed by atoms with Crippen molar-refractivity contribution in [1.82, 2.24) is 10.2 Å². The molecule has 26 heavy (non-hydrogen) atoms. The summed E-state index contributed by atoms with van der Waals surface area (Å²) >= 11 is 0. The summed E-state index contributed by atoms with van der Waals surface area (Å²) in [5.74, 6) is -4.13. The average Bonchev–Trinajstić information content (AvgIpc) is 2.83. The second-order valence-electron chi connectivity index (χ2n) is 6.26. The summed E-state index contributed by atoms with van der Waals surface area (Å²) in [4.78, 5) is 48.5. The van der Waals surface area contributed by atoms with Gasteiger partial charge in [0, 0.05) is 12.5 Å². The van der Waals surface area contributed by atoms with Crippen molar-refractivity contribution in [3.8, 4) is 11.5 Å². The Morgan fingerprint density at radius 1 is 1.27 bits per heavy atom. The molecule has 1 saturated heterocycles. The van der Waals surface area contributed by atoms with E-state index in [0.717, 1.165) is 11.0 Å². The van der Waals surface area contributed by atoms with Gasteiger partial charge in [-0.3, -0.25) is 24.1 Å². The molecule has 1 aliphatic rings. The Bertz CT molecular complexity index is 761. The first kappa shape index (κ1) is 19.2. The highest BCUT2D eigenvalue weighted by atomic mass is 16.4. The van der Waals surface area contributed by atoms with E-state index in [4.69, 9.17) is 5.11 Å². The number of imide groups is 1. The van der Waals surface area contributed by atoms with Crippen molar-refractivity contribution in [2.24, 2.45) is 5.92 Å². The number of hydrogen-bond donors (Lipinski definition) is 4. The number of phenolic OH excluding ortho intramolecular Hbond substituents is 2. The highest BCUT2D eigenvalue weighted by Crippen LogP contribution is 2.30. The van der Waals surface area contributed by atoms with E-state index in [9.17, 15) is 29.4 Å². The van der Waals surface area contributed by atoms with E-state index < -0.39 is 41.7 Å². The highest BCUT2D eigenvalue weighted by Gasteiger charge is 2.43. The second-order valence-corrected chi connectivity index (χ2v) is 6.26. The zero-order valence-electron chi connectivity index (χ0n) is 14.3. The number of aliphatic carboxylic acids is 1. The Morgan fingerprint density at radius 2 is 1.92 bits per heavy atom. The summed E-state index contributed by atoms with van der Waals surface area (Å²) in [5, 5.41) is 30.2. The van der Waals surface area contributed by atoms with E-state index in [0.29, 0.717) is 5.56 Å². The topological polar surface area (TPSA) is 144 Å². The van der Waals surface area contributed by atoms with Crippen LogP contribution in [0.4, 0.5) is 0 Å². The molecule has 1 aromatic carbocycles. The number of carbonyl (C=O) groups excluding carboxylic acids is 3. The molecule has 140 valence electrons. The number of rotatable bonds is 6. The number of carboxylic acids is 1. The normalized spacial score (nSPS) is 19.3. The van der Waals surface area contributed by atoms with Crippen LogP contribution in [0.3, 0.4) is 0 Å². The SMILES string of the molecule is CC(C(=O)N[C@@H](C)C(=O)O)N1C(=O)CC(Cc2ccc(O)cc2O)C1=O. The van der Waals surface area contributed by atoms with Gasteiger partial charge in [-0.05, 0) is 31.9 Å². The van der Waals surface area contributed by atoms with Gasteiger partial charge in [0.2, 0.25) is 17.7 Å². The maximum absolute atomic E-state index is 12.5. The van der Waals surface area contributed by atoms with Crippen molar-refractivity contribution in [3.05, 3.63) is 23.8 Å². The van der Waals surface area contributed by atoms with Gasteiger partial charge in [-0.15, -0.1) is 0 Å². The molecule has 0 aromatic heterocycles. The number of amides is 3. The molecular weight excluding hydrogens is 344 g/mol. The Balaban J connectivity index is 2.10. The van der Waals surface area contributed by atoms with Gasteiger partial charge in [0.15, 0.2) is 0 Å². The lowest BCUT2D eigenvalue weighted by Crippen LogP contribution is -2.51. The highest BCUT2D eigenvalue weighted by molar-refractivity contribution is 6.07. The Morgan fingerprint density at radius 3 is 2.50 bits per heavy atom. The zero-order valence-corrected chi connectivity index (χ0v) is 14.3. The number of carbonyl (C=O) groups is 4. The number of nitrogens with one attached hydrogen (secondary N) is 1. The number of nitrogens with zero attached hydrogens (tertiary/aromatic N) is 1. The van der Waals surface area contributed by atoms with Crippen LogP contribution in [0.5, 0.6) is 11.5 Å². The monoisotopic (exact) mass is 364 g/mol. The molecule has 9 nitrogen and oxygen atoms in total. The standard InChI is InChI=1S/C17H20N2O7/c1-8(17(25)26)18-15(23)9(2)19-14(22)6-11(16(19)24)5-10-3-4-12(20)7-13(10)21/h3-4,7-9,11,20-21H,5-6H2,1-2H3,(H,18,23)(H,25,26)/t8-,9?,11?/m0/s1. The Kier molecular flexibility index (Phi) is 5.49. The fraction of sp³-hybridized carbons (Fsp3) is 0.412. The molecule has 0 spiro atoms. The lowest BCUT2D eigenvalue weighted by molar-refractivity contribution is -0.148. The lowest BCUT2D eigenvalue weighted by Gasteiger charge is -2.23. The molecule has 1 fully saturated rings. The Hall–Kier alpha value is -3.10. The Labute approximate surface area is 149 Å². The van der Waals surface area contributed by atoms with Crippen LogP contribution in [0, 0.1) is 5.92 Å². The van der Waals surface area contributed by atoms with Crippen molar-refractivity contribution in [2.75, 3.05) is 0 Å². The molecular formula is C17H20N2O7. The quantitative estimate of drug-likeness (QED) is 0.520. The second kappa shape index (κ2) is 7.42. The minimum atomic E-state index is -1.23. The smallest absolute Gasteiger partial charge is 0.325 e. The maximum Gasteiger partial charge on any atom is 0.325 e. The molecule has 1 aliphatic heterocycles. The fourth-order valence-corrected chi connectivity index (χ4v) is 2.79. The van der Waals surface area contributed by atoms with Gasteiger partial charge in [-0.2, -0.15) is 0 Å². The average molecular weight is 364 g/mol. The third-order valence-electron chi connectivity index (χ3n) is 4.31. The van der Waals surface area contributed by atoms with Crippen molar-refractivity contribution in [3.63, 3.8) is 0 Å². The molecule has 9 heteroatoms. The van der Waals surface area contributed by atoms with Crippen LogP contribution < -0.4 is 5.32 Å². The lowest BCUT2D eigenvalue weighted by atomic mass is 9.97. The third kappa shape index (κ3) is 3.93. The summed E-state index contributed by atoms with van der Waals surface area (Å²) in [6.45, 7) is 2.62. The van der Waals surface area contributed by atoms with Gasteiger partial charge in [-0.1, -0.05) is 6.07 Å². The first-order chi connectivity index (χ1) is 12.1. The van der Waals surface area contributed by atoms with Gasteiger partial charge >= 0.3 is 5.97 Å². The summed E-state index contributed by atoms with van der Waals surface area (Å²) in [6, 6.07) is 1.66. The molecule has 3 amide bonds. The van der Waals surface area contributed by atoms with Gasteiger partial charge in [0.25, 0.3) is 0 Å². The predicted octanol–water partition coefficient (Wildman–Crippen LogP) is -0.00680. The minimum Gasteiger partial charge on any atom is -0.508 e. The van der Waals surface area contributed by atoms with Crippen LogP contribution >= 0.6 is 0 Å². The van der Waals surface area contributed by atoms with Crippen LogP contribution in [0.2, 0.25) is 0 Å². The maximum atomic E-state index is 12.5. The number of carboxylic acid groups (broad SMARTS) is 1. The van der Waals surface area contributed by atoms with Crippen molar-refractivity contribution >= 4 is 23.7 Å². The van der Waals surface area contributed by atoms with E-state index in [1.807, 2.05) is 0 Å². The van der Waals surface area contributed by atoms with E-state index >= 15 is 0 Å². The molecule has 0 bridgehead atoms. The van der Waals surface area contributed by atoms with Crippen LogP contribution in [0.15, 0.2) is 18.2 Å². The largest absolute Gasteiger partial charge is 0.508 e. The third-order valence-corrected chi connectivity index (χ3v) is 4.31. The molecule has 2 rings (SSSR count). The molecule has 3 atom stereocenters. The van der Waals surface area contributed by atoms with E-state index in [1.165, 1.54) is 26.0 Å². The van der Waals surface area contributed by atoms with Gasteiger partial charge in [-0.25, -0.2) is 0 Å². The van der Waals surface area contributed by atoms with Crippen molar-refractivity contribution < 1.29 is 34.5 Å². The number of aromatic hydroxyl groups is 2. The molecule has 2 unspecified atom stereocenters. The number of benzene rings is 1. The molecule has 0 aliphatic carbocycles. The van der Waals surface area contributed by atoms with Gasteiger partial charge in [0.1, 0.15) is 23.6 Å². The predicted molar refractivity (Wildman–Crippen MR) is 88.1 cm³/mol. The molecule has 1 aromatic rings. The van der Waals surface area contributed by atoms with Crippen LogP contribution in [0.1, 0.15) is 25.8 Å². The summed E-state index contributed by atoms with van der Waals surface area (Å²) in [7, 11) is 0. The number of likely N-dealkylation sites (tertiary alicyclic amines) is 1.